The van der Waals surface area contributed by atoms with Crippen molar-refractivity contribution in [2.45, 2.75) is 39.3 Å². The Kier molecular flexibility index (Phi) is 10.9. The van der Waals surface area contributed by atoms with E-state index < -0.39 is 16.6 Å². The van der Waals surface area contributed by atoms with Crippen molar-refractivity contribution in [1.82, 2.24) is 20.4 Å². The highest BCUT2D eigenvalue weighted by molar-refractivity contribution is 14.0. The number of aliphatic imine (C=N–C) groups is 1. The smallest absolute Gasteiger partial charge is 0.412 e. The van der Waals surface area contributed by atoms with Gasteiger partial charge in [0.05, 0.1) is 11.5 Å². The zero-order chi connectivity index (χ0) is 22.9. The van der Waals surface area contributed by atoms with Crippen molar-refractivity contribution < 1.29 is 14.5 Å². The minimum Gasteiger partial charge on any atom is -0.444 e. The average molecular weight is 559 g/mol. The topological polar surface area (TPSA) is 136 Å². The van der Waals surface area contributed by atoms with Crippen LogP contribution >= 0.6 is 24.0 Å². The summed E-state index contributed by atoms with van der Waals surface area (Å²) >= 11 is 0. The number of carbonyl (C=O) groups is 1. The quantitative estimate of drug-likeness (QED) is 0.149. The summed E-state index contributed by atoms with van der Waals surface area (Å²) < 4.78 is 6.74. The van der Waals surface area contributed by atoms with Gasteiger partial charge < -0.3 is 15.4 Å². The lowest BCUT2D eigenvalue weighted by atomic mass is 10.1. The molecular formula is C20H30IN7O4. The summed E-state index contributed by atoms with van der Waals surface area (Å²) in [7, 11) is 1.67. The van der Waals surface area contributed by atoms with Gasteiger partial charge in [-0.1, -0.05) is 12.1 Å². The second kappa shape index (κ2) is 12.8. The molecule has 3 N–H and O–H groups in total. The first-order chi connectivity index (χ1) is 14.7. The summed E-state index contributed by atoms with van der Waals surface area (Å²) in [6, 6.07) is 7.54. The van der Waals surface area contributed by atoms with Gasteiger partial charge in [0.25, 0.3) is 0 Å². The molecule has 0 atom stereocenters. The monoisotopic (exact) mass is 559 g/mol. The first kappa shape index (κ1) is 27.1. The Morgan fingerprint density at radius 1 is 1.22 bits per heavy atom. The van der Waals surface area contributed by atoms with Crippen molar-refractivity contribution in [2.24, 2.45) is 4.99 Å². The summed E-state index contributed by atoms with van der Waals surface area (Å²) in [6.45, 7) is 7.09. The lowest BCUT2D eigenvalue weighted by Crippen LogP contribution is -2.39. The van der Waals surface area contributed by atoms with E-state index in [1.54, 1.807) is 7.05 Å². The fourth-order valence-corrected chi connectivity index (χ4v) is 2.58. The Labute approximate surface area is 204 Å². The molecule has 0 aliphatic heterocycles. The van der Waals surface area contributed by atoms with Crippen molar-refractivity contribution in [2.75, 3.05) is 25.5 Å². The van der Waals surface area contributed by atoms with Gasteiger partial charge in [0.1, 0.15) is 18.0 Å². The van der Waals surface area contributed by atoms with Crippen LogP contribution in [0.4, 0.5) is 16.2 Å². The molecule has 0 bridgehead atoms. The summed E-state index contributed by atoms with van der Waals surface area (Å²) in [5, 5.41) is 23.7. The summed E-state index contributed by atoms with van der Waals surface area (Å²) in [5.74, 6) is 0.630. The van der Waals surface area contributed by atoms with Crippen LogP contribution in [0.25, 0.3) is 0 Å². The van der Waals surface area contributed by atoms with Crippen LogP contribution in [0.5, 0.6) is 0 Å². The Bertz CT molecular complexity index is 907. The van der Waals surface area contributed by atoms with E-state index in [2.05, 4.69) is 26.0 Å². The van der Waals surface area contributed by atoms with Crippen molar-refractivity contribution in [3.05, 3.63) is 52.3 Å². The Morgan fingerprint density at radius 2 is 1.88 bits per heavy atom. The van der Waals surface area contributed by atoms with Crippen LogP contribution in [0, 0.1) is 10.1 Å². The average Bonchev–Trinajstić information content (AvgIpc) is 3.16. The van der Waals surface area contributed by atoms with Crippen molar-refractivity contribution in [1.29, 1.82) is 0 Å². The van der Waals surface area contributed by atoms with Crippen LogP contribution in [0.15, 0.2) is 41.7 Å². The molecule has 2 aromatic rings. The van der Waals surface area contributed by atoms with Crippen molar-refractivity contribution >= 4 is 47.4 Å². The molecule has 1 aromatic carbocycles. The van der Waals surface area contributed by atoms with Gasteiger partial charge in [-0.15, -0.1) is 24.0 Å². The number of nitro groups is 1. The minimum atomic E-state index is -0.543. The van der Waals surface area contributed by atoms with Crippen LogP contribution < -0.4 is 16.0 Å². The number of benzene rings is 1. The van der Waals surface area contributed by atoms with Crippen LogP contribution in [-0.4, -0.2) is 52.5 Å². The van der Waals surface area contributed by atoms with Gasteiger partial charge in [0.15, 0.2) is 5.96 Å². The Morgan fingerprint density at radius 3 is 2.44 bits per heavy atom. The predicted molar refractivity (Wildman–Crippen MR) is 134 cm³/mol. The van der Waals surface area contributed by atoms with E-state index >= 15 is 0 Å². The Hall–Kier alpha value is -2.90. The third-order valence-corrected chi connectivity index (χ3v) is 3.99. The fourth-order valence-electron chi connectivity index (χ4n) is 2.58. The van der Waals surface area contributed by atoms with Crippen LogP contribution in [0.2, 0.25) is 0 Å². The third kappa shape index (κ3) is 9.94. The SMILES string of the molecule is CN=C(NCCc1ccc(NC(=O)OC(C)(C)C)cc1)NCCn1cc([N+](=O)[O-])cn1.I. The van der Waals surface area contributed by atoms with Gasteiger partial charge in [-0.2, -0.15) is 5.10 Å². The fraction of sp³-hybridized carbons (Fsp3) is 0.450. The summed E-state index contributed by atoms with van der Waals surface area (Å²) in [4.78, 5) is 26.2. The van der Waals surface area contributed by atoms with E-state index in [0.717, 1.165) is 12.0 Å². The standard InChI is InChI=1S/C20H29N7O4.HI/c1-20(2,3)31-19(28)25-16-7-5-15(6-8-16)9-10-22-18(21-4)23-11-12-26-14-17(13-24-26)27(29)30;/h5-8,13-14H,9-12H2,1-4H3,(H,25,28)(H2,21,22,23);1H. The molecule has 176 valence electrons. The van der Waals surface area contributed by atoms with Gasteiger partial charge >= 0.3 is 11.8 Å². The number of amides is 1. The second-order valence-corrected chi connectivity index (χ2v) is 7.72. The van der Waals surface area contributed by atoms with E-state index in [1.807, 2.05) is 45.0 Å². The normalized spacial score (nSPS) is 11.3. The maximum atomic E-state index is 11.8. The molecule has 12 heteroatoms. The molecule has 0 spiro atoms. The van der Waals surface area contributed by atoms with E-state index in [0.29, 0.717) is 31.3 Å². The van der Waals surface area contributed by atoms with Gasteiger partial charge in [0, 0.05) is 25.8 Å². The van der Waals surface area contributed by atoms with Gasteiger partial charge in [-0.05, 0) is 44.9 Å². The number of nitrogens with zero attached hydrogens (tertiary/aromatic N) is 4. The lowest BCUT2D eigenvalue weighted by molar-refractivity contribution is -0.385. The highest BCUT2D eigenvalue weighted by atomic mass is 127. The number of halogens is 1. The largest absolute Gasteiger partial charge is 0.444 e. The molecule has 0 fully saturated rings. The molecule has 11 nitrogen and oxygen atoms in total. The summed E-state index contributed by atoms with van der Waals surface area (Å²) in [5.41, 5.74) is 1.19. The number of guanidine groups is 1. The molecule has 32 heavy (non-hydrogen) atoms. The second-order valence-electron chi connectivity index (χ2n) is 7.72. The molecule has 0 aliphatic carbocycles. The van der Waals surface area contributed by atoms with E-state index in [4.69, 9.17) is 4.74 Å². The van der Waals surface area contributed by atoms with E-state index in [1.165, 1.54) is 17.1 Å². The molecule has 0 aliphatic rings. The first-order valence-electron chi connectivity index (χ1n) is 9.86. The number of carbonyl (C=O) groups excluding carboxylic acids is 1. The molecule has 2 rings (SSSR count). The maximum Gasteiger partial charge on any atom is 0.412 e. The molecule has 0 saturated carbocycles. The van der Waals surface area contributed by atoms with Gasteiger partial charge in [-0.3, -0.25) is 25.1 Å². The predicted octanol–water partition coefficient (Wildman–Crippen LogP) is 3.16. The molecule has 1 aromatic heterocycles. The molecule has 0 unspecified atom stereocenters. The number of anilines is 1. The number of rotatable bonds is 8. The molecular weight excluding hydrogens is 529 g/mol. The zero-order valence-corrected chi connectivity index (χ0v) is 21.0. The minimum absolute atomic E-state index is 0. The highest BCUT2D eigenvalue weighted by Crippen LogP contribution is 2.13. The van der Waals surface area contributed by atoms with Crippen molar-refractivity contribution in [3.8, 4) is 0 Å². The molecule has 1 amide bonds. The number of nitrogens with one attached hydrogen (secondary N) is 3. The third-order valence-electron chi connectivity index (χ3n) is 3.99. The summed E-state index contributed by atoms with van der Waals surface area (Å²) in [6.07, 6.45) is 2.89. The van der Waals surface area contributed by atoms with Gasteiger partial charge in [0.2, 0.25) is 0 Å². The van der Waals surface area contributed by atoms with Crippen LogP contribution in [0.3, 0.4) is 0 Å². The van der Waals surface area contributed by atoms with Gasteiger partial charge in [-0.25, -0.2) is 4.79 Å². The lowest BCUT2D eigenvalue weighted by Gasteiger charge is -2.19. The molecule has 0 radical (unpaired) electrons. The Balaban J connectivity index is 0.00000512. The van der Waals surface area contributed by atoms with Crippen LogP contribution in [0.1, 0.15) is 26.3 Å². The number of hydrogen-bond donors (Lipinski definition) is 3. The van der Waals surface area contributed by atoms with Crippen LogP contribution in [-0.2, 0) is 17.7 Å². The maximum absolute atomic E-state index is 11.8. The molecule has 0 saturated heterocycles. The zero-order valence-electron chi connectivity index (χ0n) is 18.6. The molecule has 1 heterocycles. The number of hydrogen-bond acceptors (Lipinski definition) is 6. The number of ether oxygens (including phenoxy) is 1. The highest BCUT2D eigenvalue weighted by Gasteiger charge is 2.16. The van der Waals surface area contributed by atoms with Crippen molar-refractivity contribution in [3.63, 3.8) is 0 Å². The van der Waals surface area contributed by atoms with E-state index in [-0.39, 0.29) is 29.7 Å². The van der Waals surface area contributed by atoms with E-state index in [9.17, 15) is 14.9 Å². The first-order valence-corrected chi connectivity index (χ1v) is 9.86. The number of aromatic nitrogens is 2.